The Morgan fingerprint density at radius 3 is 2.76 bits per heavy atom. The van der Waals surface area contributed by atoms with E-state index in [4.69, 9.17) is 10.4 Å². The zero-order valence-corrected chi connectivity index (χ0v) is 19.2. The van der Waals surface area contributed by atoms with E-state index in [9.17, 15) is 4.79 Å². The van der Waals surface area contributed by atoms with Gasteiger partial charge in [-0.3, -0.25) is 4.57 Å². The molecular weight excluding hydrogens is 452 g/mol. The average Bonchev–Trinajstić information content (AvgIpc) is 3.51. The van der Waals surface area contributed by atoms with Gasteiger partial charge in [0.1, 0.15) is 22.5 Å². The van der Waals surface area contributed by atoms with E-state index in [1.807, 2.05) is 29.9 Å². The Morgan fingerprint density at radius 1 is 1.21 bits per heavy atom. The first-order chi connectivity index (χ1) is 16.6. The second-order valence-corrected chi connectivity index (χ2v) is 9.23. The van der Waals surface area contributed by atoms with Gasteiger partial charge in [0.25, 0.3) is 0 Å². The molecule has 0 bridgehead atoms. The molecule has 1 amide bonds. The van der Waals surface area contributed by atoms with Crippen molar-refractivity contribution in [2.24, 2.45) is 0 Å². The first-order valence-electron chi connectivity index (χ1n) is 10.9. The first-order valence-corrected chi connectivity index (χ1v) is 11.8. The number of nitrogens with zero attached hydrogens (tertiary/aromatic N) is 6. The van der Waals surface area contributed by atoms with Crippen LogP contribution in [0.15, 0.2) is 36.8 Å². The van der Waals surface area contributed by atoms with Crippen molar-refractivity contribution in [1.29, 1.82) is 5.26 Å². The van der Waals surface area contributed by atoms with E-state index in [0.29, 0.717) is 17.3 Å². The number of hydrogen-bond donors (Lipinski definition) is 3. The van der Waals surface area contributed by atoms with E-state index < -0.39 is 6.09 Å². The molecule has 0 aliphatic heterocycles. The van der Waals surface area contributed by atoms with Crippen molar-refractivity contribution in [3.05, 3.63) is 47.4 Å². The van der Waals surface area contributed by atoms with Gasteiger partial charge in [0.2, 0.25) is 0 Å². The van der Waals surface area contributed by atoms with Gasteiger partial charge in [0.05, 0.1) is 11.1 Å². The maximum absolute atomic E-state index is 10.9. The van der Waals surface area contributed by atoms with E-state index in [1.165, 1.54) is 0 Å². The number of nitriles is 1. The van der Waals surface area contributed by atoms with Gasteiger partial charge in [-0.15, -0.1) is 10.2 Å². The summed E-state index contributed by atoms with van der Waals surface area (Å²) in [6, 6.07) is 7.79. The molecule has 172 valence electrons. The maximum atomic E-state index is 10.9. The van der Waals surface area contributed by atoms with Gasteiger partial charge in [0.15, 0.2) is 5.01 Å². The summed E-state index contributed by atoms with van der Waals surface area (Å²) in [5.41, 5.74) is 2.99. The highest BCUT2D eigenvalue weighted by Gasteiger charge is 2.26. The molecule has 4 aromatic rings. The molecule has 1 aliphatic rings. The molecule has 34 heavy (non-hydrogen) atoms. The Bertz CT molecular complexity index is 1400. The zero-order chi connectivity index (χ0) is 23.7. The van der Waals surface area contributed by atoms with Gasteiger partial charge in [-0.1, -0.05) is 11.3 Å². The molecule has 5 rings (SSSR count). The van der Waals surface area contributed by atoms with Crippen LogP contribution >= 0.6 is 11.3 Å². The minimum atomic E-state index is -0.965. The molecular formula is C23H22N8O2S. The topological polar surface area (TPSA) is 142 Å². The van der Waals surface area contributed by atoms with E-state index in [0.717, 1.165) is 58.0 Å². The summed E-state index contributed by atoms with van der Waals surface area (Å²) in [5, 5.41) is 35.3. The molecule has 4 aromatic heterocycles. The summed E-state index contributed by atoms with van der Waals surface area (Å²) < 4.78 is 1.89. The number of hydrogen-bond acceptors (Lipinski definition) is 8. The standard InChI is InChI=1S/C23H22N8O2S/c1-25-18-9-19(31-7-6-15-8-13(10-24)11-27-20(15)31)26-12-17(18)22-30-29-21(34-22)14-2-4-16(5-3-14)28-23(32)33/h6-9,11-12,14,16,28H,2-5H2,1H3,(H,25,26)(H,32,33)/t14-,16-. The lowest BCUT2D eigenvalue weighted by Gasteiger charge is -2.26. The minimum absolute atomic E-state index is 0.0135. The Hall–Kier alpha value is -4.04. The Kier molecular flexibility index (Phi) is 5.81. The normalized spacial score (nSPS) is 17.9. The number of fused-ring (bicyclic) bond motifs is 1. The van der Waals surface area contributed by atoms with E-state index in [1.54, 1.807) is 29.8 Å². The number of amides is 1. The molecule has 0 aromatic carbocycles. The first kappa shape index (κ1) is 21.8. The number of nitrogens with one attached hydrogen (secondary N) is 2. The highest BCUT2D eigenvalue weighted by atomic mass is 32.1. The summed E-state index contributed by atoms with van der Waals surface area (Å²) in [6.07, 6.45) is 7.64. The van der Waals surface area contributed by atoms with Crippen molar-refractivity contribution in [3.8, 4) is 22.5 Å². The Labute approximate surface area is 199 Å². The molecule has 1 aliphatic carbocycles. The van der Waals surface area contributed by atoms with Gasteiger partial charge >= 0.3 is 6.09 Å². The van der Waals surface area contributed by atoms with Crippen LogP contribution in [-0.2, 0) is 0 Å². The average molecular weight is 475 g/mol. The predicted octanol–water partition coefficient (Wildman–Crippen LogP) is 4.15. The molecule has 0 unspecified atom stereocenters. The lowest BCUT2D eigenvalue weighted by molar-refractivity contribution is 0.185. The number of pyridine rings is 2. The second kappa shape index (κ2) is 9.07. The number of rotatable bonds is 5. The van der Waals surface area contributed by atoms with Crippen LogP contribution in [0.4, 0.5) is 10.5 Å². The van der Waals surface area contributed by atoms with E-state index in [-0.39, 0.29) is 6.04 Å². The lowest BCUT2D eigenvalue weighted by atomic mass is 9.86. The summed E-state index contributed by atoms with van der Waals surface area (Å²) in [5.74, 6) is 0.994. The smallest absolute Gasteiger partial charge is 0.404 e. The number of carbonyl (C=O) groups is 1. The van der Waals surface area contributed by atoms with Crippen molar-refractivity contribution in [3.63, 3.8) is 0 Å². The summed E-state index contributed by atoms with van der Waals surface area (Å²) in [7, 11) is 1.85. The van der Waals surface area contributed by atoms with Crippen LogP contribution in [0.25, 0.3) is 27.4 Å². The summed E-state index contributed by atoms with van der Waals surface area (Å²) in [4.78, 5) is 19.9. The van der Waals surface area contributed by atoms with Crippen molar-refractivity contribution in [1.82, 2.24) is 30.0 Å². The number of carboxylic acid groups (broad SMARTS) is 1. The van der Waals surface area contributed by atoms with Crippen LogP contribution in [0.5, 0.6) is 0 Å². The monoisotopic (exact) mass is 474 g/mol. The van der Waals surface area contributed by atoms with Crippen molar-refractivity contribution >= 4 is 34.2 Å². The third-order valence-corrected chi connectivity index (χ3v) is 7.26. The molecule has 0 atom stereocenters. The number of aromatic nitrogens is 5. The third-order valence-electron chi connectivity index (χ3n) is 6.14. The maximum Gasteiger partial charge on any atom is 0.404 e. The molecule has 3 N–H and O–H groups in total. The van der Waals surface area contributed by atoms with E-state index >= 15 is 0 Å². The molecule has 0 spiro atoms. The van der Waals surface area contributed by atoms with Crippen molar-refractivity contribution < 1.29 is 9.90 Å². The summed E-state index contributed by atoms with van der Waals surface area (Å²) in [6.45, 7) is 0. The van der Waals surface area contributed by atoms with Crippen LogP contribution < -0.4 is 10.6 Å². The Balaban J connectivity index is 1.38. The predicted molar refractivity (Wildman–Crippen MR) is 128 cm³/mol. The minimum Gasteiger partial charge on any atom is -0.465 e. The van der Waals surface area contributed by atoms with Gasteiger partial charge in [0, 0.05) is 54.7 Å². The number of anilines is 1. The van der Waals surface area contributed by atoms with Crippen LogP contribution in [0.1, 0.15) is 42.2 Å². The molecule has 11 heteroatoms. The van der Waals surface area contributed by atoms with Gasteiger partial charge in [-0.2, -0.15) is 5.26 Å². The van der Waals surface area contributed by atoms with E-state index in [2.05, 4.69) is 36.9 Å². The fourth-order valence-electron chi connectivity index (χ4n) is 4.39. The fraction of sp³-hybridized carbons (Fsp3) is 0.304. The lowest BCUT2D eigenvalue weighted by Crippen LogP contribution is -2.36. The fourth-order valence-corrected chi connectivity index (χ4v) is 5.43. The van der Waals surface area contributed by atoms with Crippen LogP contribution in [0, 0.1) is 11.3 Å². The molecule has 10 nitrogen and oxygen atoms in total. The van der Waals surface area contributed by atoms with Crippen LogP contribution in [-0.4, -0.2) is 49.0 Å². The SMILES string of the molecule is CNc1cc(-n2ccc3cc(C#N)cnc32)ncc1-c1nnc([C@H]2CC[C@H](NC(=O)O)CC2)s1. The van der Waals surface area contributed by atoms with Crippen LogP contribution in [0.2, 0.25) is 0 Å². The molecule has 1 fully saturated rings. The highest BCUT2D eigenvalue weighted by molar-refractivity contribution is 7.14. The van der Waals surface area contributed by atoms with Gasteiger partial charge < -0.3 is 15.7 Å². The molecule has 0 saturated heterocycles. The quantitative estimate of drug-likeness (QED) is 0.392. The zero-order valence-electron chi connectivity index (χ0n) is 18.4. The van der Waals surface area contributed by atoms with Gasteiger partial charge in [-0.05, 0) is 37.8 Å². The van der Waals surface area contributed by atoms with Crippen molar-refractivity contribution in [2.75, 3.05) is 12.4 Å². The van der Waals surface area contributed by atoms with Crippen LogP contribution in [0.3, 0.4) is 0 Å². The molecule has 0 radical (unpaired) electrons. The Morgan fingerprint density at radius 2 is 2.03 bits per heavy atom. The van der Waals surface area contributed by atoms with Gasteiger partial charge in [-0.25, -0.2) is 14.8 Å². The molecule has 1 saturated carbocycles. The largest absolute Gasteiger partial charge is 0.465 e. The highest BCUT2D eigenvalue weighted by Crippen LogP contribution is 2.38. The third kappa shape index (κ3) is 4.15. The second-order valence-electron chi connectivity index (χ2n) is 8.22. The molecule has 4 heterocycles. The van der Waals surface area contributed by atoms with Crippen molar-refractivity contribution in [2.45, 2.75) is 37.6 Å². The summed E-state index contributed by atoms with van der Waals surface area (Å²) >= 11 is 1.56.